The molecule has 2 heterocycles. The minimum Gasteiger partial charge on any atom is -0.333 e. The molecule has 3 aromatic rings. The number of allylic oxidation sites excluding steroid dienone is 4. The van der Waals surface area contributed by atoms with Crippen molar-refractivity contribution in [3.63, 3.8) is 0 Å². The van der Waals surface area contributed by atoms with E-state index in [-0.39, 0.29) is 0 Å². The molecule has 0 N–H and O–H groups in total. The molecule has 1 nitrogen and oxygen atoms in total. The van der Waals surface area contributed by atoms with Gasteiger partial charge in [0.15, 0.2) is 0 Å². The van der Waals surface area contributed by atoms with Crippen molar-refractivity contribution >= 4 is 32.7 Å². The lowest BCUT2D eigenvalue weighted by atomic mass is 9.90. The quantitative estimate of drug-likeness (QED) is 0.330. The average molecular weight is 364 g/mol. The van der Waals surface area contributed by atoms with Gasteiger partial charge in [-0.3, -0.25) is 0 Å². The van der Waals surface area contributed by atoms with Gasteiger partial charge in [-0.2, -0.15) is 0 Å². The van der Waals surface area contributed by atoms with Crippen molar-refractivity contribution in [1.29, 1.82) is 0 Å². The second kappa shape index (κ2) is 8.86. The largest absolute Gasteiger partial charge is 0.333 e. The average Bonchev–Trinajstić information content (AvgIpc) is 3.17. The van der Waals surface area contributed by atoms with Crippen LogP contribution in [0, 0.1) is 6.92 Å². The Morgan fingerprint density at radius 2 is 1.85 bits per heavy atom. The smallest absolute Gasteiger partial charge is 0.103 e. The van der Waals surface area contributed by atoms with Gasteiger partial charge in [-0.05, 0) is 74.4 Å². The molecule has 136 valence electrons. The van der Waals surface area contributed by atoms with E-state index in [4.69, 9.17) is 0 Å². The number of benzene rings is 1. The zero-order valence-corrected chi connectivity index (χ0v) is 17.4. The summed E-state index contributed by atoms with van der Waals surface area (Å²) >= 11 is 1.80. The first-order valence-electron chi connectivity index (χ1n) is 9.03. The van der Waals surface area contributed by atoms with E-state index in [9.17, 15) is 0 Å². The molecule has 0 unspecified atom stereocenters. The van der Waals surface area contributed by atoms with Crippen LogP contribution in [0.25, 0.3) is 21.4 Å². The number of fused-ring (bicyclic) bond motifs is 1. The van der Waals surface area contributed by atoms with Crippen LogP contribution in [-0.2, 0) is 6.54 Å². The highest BCUT2D eigenvalue weighted by Gasteiger charge is 2.17. The molecule has 0 atom stereocenters. The van der Waals surface area contributed by atoms with Crippen LogP contribution in [0.3, 0.4) is 0 Å². The van der Waals surface area contributed by atoms with E-state index in [0.717, 1.165) is 12.1 Å². The zero-order valence-electron chi connectivity index (χ0n) is 16.6. The first-order chi connectivity index (χ1) is 12.5. The van der Waals surface area contributed by atoms with Crippen molar-refractivity contribution in [3.05, 3.63) is 83.4 Å². The third-order valence-corrected chi connectivity index (χ3v) is 5.30. The molecular formula is C24H29NS. The normalized spacial score (nSPS) is 10.2. The molecule has 1 aromatic carbocycles. The van der Waals surface area contributed by atoms with Crippen molar-refractivity contribution < 1.29 is 0 Å². The molecule has 0 aliphatic carbocycles. The Bertz CT molecular complexity index is 946. The van der Waals surface area contributed by atoms with Crippen LogP contribution in [0.2, 0.25) is 0 Å². The molecule has 0 aliphatic heterocycles. The Labute approximate surface area is 162 Å². The molecule has 3 rings (SSSR count). The standard InChI is InChI=1S/C21H23NS.C3H6/c1-6-22-19(13-17-11-12-23-21(17)22)16(5)20(14(2)3)18-10-8-7-9-15(18)4;1-3-2/h7-13H,5-6H2,1-4H3;3H,1H2,2H3. The van der Waals surface area contributed by atoms with Gasteiger partial charge in [0.1, 0.15) is 4.83 Å². The number of thiophene rings is 1. The first-order valence-corrected chi connectivity index (χ1v) is 9.91. The lowest BCUT2D eigenvalue weighted by Crippen LogP contribution is -2.02. The predicted octanol–water partition coefficient (Wildman–Crippen LogP) is 7.73. The minimum absolute atomic E-state index is 0.960. The number of aromatic nitrogens is 1. The Balaban J connectivity index is 0.000000758. The van der Waals surface area contributed by atoms with Gasteiger partial charge in [0.25, 0.3) is 0 Å². The van der Waals surface area contributed by atoms with Gasteiger partial charge >= 0.3 is 0 Å². The Kier molecular flexibility index (Phi) is 6.82. The summed E-state index contributed by atoms with van der Waals surface area (Å²) < 4.78 is 2.38. The fourth-order valence-corrected chi connectivity index (χ4v) is 4.22. The molecular weight excluding hydrogens is 334 g/mol. The number of hydrogen-bond acceptors (Lipinski definition) is 1. The molecule has 0 spiro atoms. The van der Waals surface area contributed by atoms with Crippen LogP contribution in [0.4, 0.5) is 0 Å². The van der Waals surface area contributed by atoms with Crippen molar-refractivity contribution in [3.8, 4) is 0 Å². The fourth-order valence-electron chi connectivity index (χ4n) is 3.25. The molecule has 2 aromatic heterocycles. The van der Waals surface area contributed by atoms with Crippen molar-refractivity contribution in [2.24, 2.45) is 0 Å². The molecule has 0 fully saturated rings. The summed E-state index contributed by atoms with van der Waals surface area (Å²) in [6, 6.07) is 13.0. The van der Waals surface area contributed by atoms with Crippen molar-refractivity contribution in [2.45, 2.75) is 41.2 Å². The van der Waals surface area contributed by atoms with E-state index in [0.29, 0.717) is 0 Å². The van der Waals surface area contributed by atoms with Gasteiger partial charge in [0.2, 0.25) is 0 Å². The second-order valence-corrected chi connectivity index (χ2v) is 7.43. The van der Waals surface area contributed by atoms with Gasteiger partial charge in [-0.15, -0.1) is 17.9 Å². The first kappa shape index (κ1) is 20.0. The third kappa shape index (κ3) is 3.91. The summed E-state index contributed by atoms with van der Waals surface area (Å²) in [6.45, 7) is 19.4. The van der Waals surface area contributed by atoms with Crippen molar-refractivity contribution in [2.75, 3.05) is 0 Å². The highest BCUT2D eigenvalue weighted by atomic mass is 32.1. The summed E-state index contributed by atoms with van der Waals surface area (Å²) in [7, 11) is 0. The van der Waals surface area contributed by atoms with Gasteiger partial charge in [0, 0.05) is 17.6 Å². The van der Waals surface area contributed by atoms with Crippen LogP contribution in [0.15, 0.2) is 66.6 Å². The molecule has 0 saturated carbocycles. The van der Waals surface area contributed by atoms with Gasteiger partial charge < -0.3 is 4.57 Å². The van der Waals surface area contributed by atoms with Crippen LogP contribution in [0.1, 0.15) is 44.5 Å². The number of aryl methyl sites for hydroxylation is 2. The zero-order chi connectivity index (χ0) is 19.3. The molecule has 26 heavy (non-hydrogen) atoms. The highest BCUT2D eigenvalue weighted by molar-refractivity contribution is 7.16. The molecule has 0 radical (unpaired) electrons. The van der Waals surface area contributed by atoms with Crippen LogP contribution in [-0.4, -0.2) is 4.57 Å². The lowest BCUT2D eigenvalue weighted by molar-refractivity contribution is 0.792. The predicted molar refractivity (Wildman–Crippen MR) is 120 cm³/mol. The van der Waals surface area contributed by atoms with E-state index in [1.165, 1.54) is 38.2 Å². The monoisotopic (exact) mass is 363 g/mol. The van der Waals surface area contributed by atoms with Crippen LogP contribution >= 0.6 is 11.3 Å². The van der Waals surface area contributed by atoms with E-state index in [1.54, 1.807) is 17.4 Å². The molecule has 0 bridgehead atoms. The molecule has 0 saturated heterocycles. The van der Waals surface area contributed by atoms with Gasteiger partial charge in [0.05, 0.1) is 0 Å². The number of hydrogen-bond donors (Lipinski definition) is 0. The maximum absolute atomic E-state index is 4.47. The lowest BCUT2D eigenvalue weighted by Gasteiger charge is -2.17. The highest BCUT2D eigenvalue weighted by Crippen LogP contribution is 2.37. The van der Waals surface area contributed by atoms with E-state index >= 15 is 0 Å². The van der Waals surface area contributed by atoms with E-state index in [2.05, 4.69) is 87.2 Å². The Morgan fingerprint density at radius 3 is 2.42 bits per heavy atom. The van der Waals surface area contributed by atoms with Gasteiger partial charge in [-0.1, -0.05) is 42.5 Å². The van der Waals surface area contributed by atoms with E-state index < -0.39 is 0 Å². The van der Waals surface area contributed by atoms with Crippen LogP contribution in [0.5, 0.6) is 0 Å². The van der Waals surface area contributed by atoms with Gasteiger partial charge in [-0.25, -0.2) is 0 Å². The minimum atomic E-state index is 0.960. The fraction of sp³-hybridized carbons (Fsp3) is 0.250. The summed E-state index contributed by atoms with van der Waals surface area (Å²) in [6.07, 6.45) is 1.75. The van der Waals surface area contributed by atoms with E-state index in [1.807, 2.05) is 6.92 Å². The summed E-state index contributed by atoms with van der Waals surface area (Å²) in [4.78, 5) is 1.33. The maximum atomic E-state index is 4.47. The number of rotatable bonds is 4. The maximum Gasteiger partial charge on any atom is 0.103 e. The topological polar surface area (TPSA) is 4.93 Å². The SMILES string of the molecule is C=C(C(=C(C)C)c1ccccc1C)c1cc2ccsc2n1CC.C=CC. The summed E-state index contributed by atoms with van der Waals surface area (Å²) in [5, 5.41) is 3.47. The Morgan fingerprint density at radius 1 is 1.19 bits per heavy atom. The summed E-state index contributed by atoms with van der Waals surface area (Å²) in [5.41, 5.74) is 7.49. The molecule has 0 aliphatic rings. The van der Waals surface area contributed by atoms with Crippen molar-refractivity contribution in [1.82, 2.24) is 4.57 Å². The second-order valence-electron chi connectivity index (χ2n) is 6.53. The third-order valence-electron chi connectivity index (χ3n) is 4.34. The summed E-state index contributed by atoms with van der Waals surface area (Å²) in [5.74, 6) is 0. The number of nitrogens with zero attached hydrogens (tertiary/aromatic N) is 1. The molecule has 2 heteroatoms. The van der Waals surface area contributed by atoms with Crippen LogP contribution < -0.4 is 0 Å². The Hall–Kier alpha value is -2.32. The molecule has 0 amide bonds.